The monoisotopic (exact) mass is 226 g/mol. The van der Waals surface area contributed by atoms with E-state index in [0.717, 1.165) is 19.3 Å². The summed E-state index contributed by atoms with van der Waals surface area (Å²) in [5, 5.41) is 9.22. The van der Waals surface area contributed by atoms with Gasteiger partial charge >= 0.3 is 5.97 Å². The van der Waals surface area contributed by atoms with Gasteiger partial charge in [0.1, 0.15) is 0 Å². The van der Waals surface area contributed by atoms with Crippen molar-refractivity contribution >= 4 is 5.97 Å². The van der Waals surface area contributed by atoms with Crippen molar-refractivity contribution < 1.29 is 14.6 Å². The van der Waals surface area contributed by atoms with Gasteiger partial charge in [0, 0.05) is 0 Å². The molecule has 3 heteroatoms. The lowest BCUT2D eigenvalue weighted by atomic mass is 9.76. The van der Waals surface area contributed by atoms with E-state index in [9.17, 15) is 9.90 Å². The predicted octanol–water partition coefficient (Wildman–Crippen LogP) is 2.69. The van der Waals surface area contributed by atoms with Crippen LogP contribution in [0.1, 0.15) is 46.0 Å². The molecule has 2 aliphatic rings. The van der Waals surface area contributed by atoms with Crippen molar-refractivity contribution in [1.29, 1.82) is 0 Å². The van der Waals surface area contributed by atoms with E-state index in [1.807, 2.05) is 0 Å². The fraction of sp³-hybridized carbons (Fsp3) is 0.923. The summed E-state index contributed by atoms with van der Waals surface area (Å²) in [5.74, 6) is 0.176. The average Bonchev–Trinajstić information content (AvgIpc) is 2.44. The molecule has 3 unspecified atom stereocenters. The maximum Gasteiger partial charge on any atom is 0.309 e. The third-order valence-electron chi connectivity index (χ3n) is 3.93. The van der Waals surface area contributed by atoms with Crippen LogP contribution in [-0.2, 0) is 9.53 Å². The number of carboxylic acid groups (broad SMARTS) is 1. The maximum atomic E-state index is 11.2. The van der Waals surface area contributed by atoms with E-state index in [1.165, 1.54) is 6.42 Å². The normalized spacial score (nSPS) is 35.3. The molecule has 0 aromatic carbocycles. The van der Waals surface area contributed by atoms with Crippen LogP contribution in [0.2, 0.25) is 0 Å². The summed E-state index contributed by atoms with van der Waals surface area (Å²) in [7, 11) is 0. The molecule has 0 radical (unpaired) electrons. The highest BCUT2D eigenvalue weighted by Crippen LogP contribution is 2.41. The zero-order valence-corrected chi connectivity index (χ0v) is 10.2. The van der Waals surface area contributed by atoms with Crippen LogP contribution in [0.15, 0.2) is 0 Å². The Kier molecular flexibility index (Phi) is 3.53. The van der Waals surface area contributed by atoms with Crippen LogP contribution in [0, 0.1) is 17.8 Å². The minimum Gasteiger partial charge on any atom is -0.481 e. The van der Waals surface area contributed by atoms with Gasteiger partial charge in [-0.1, -0.05) is 20.3 Å². The molecule has 3 nitrogen and oxygen atoms in total. The second-order valence-corrected chi connectivity index (χ2v) is 5.72. The predicted molar refractivity (Wildman–Crippen MR) is 61.2 cm³/mol. The number of aliphatic carboxylic acids is 1. The van der Waals surface area contributed by atoms with Gasteiger partial charge in [0.05, 0.1) is 18.1 Å². The molecule has 0 bridgehead atoms. The molecular formula is C13H22O3. The molecular weight excluding hydrogens is 204 g/mol. The standard InChI is InChI=1S/C13H22O3/c1-8(2)6-10-7-11(13(14)15)12(16-10)9-4-3-5-9/h8-12H,3-7H2,1-2H3,(H,14,15). The molecule has 0 spiro atoms. The van der Waals surface area contributed by atoms with Crippen molar-refractivity contribution in [3.63, 3.8) is 0 Å². The third-order valence-corrected chi connectivity index (χ3v) is 3.93. The van der Waals surface area contributed by atoms with E-state index in [1.54, 1.807) is 0 Å². The first-order valence-corrected chi connectivity index (χ1v) is 6.46. The topological polar surface area (TPSA) is 46.5 Å². The van der Waals surface area contributed by atoms with Gasteiger partial charge in [0.15, 0.2) is 0 Å². The van der Waals surface area contributed by atoms with E-state index < -0.39 is 5.97 Å². The highest BCUT2D eigenvalue weighted by Gasteiger charge is 2.45. The van der Waals surface area contributed by atoms with Gasteiger partial charge in [-0.3, -0.25) is 4.79 Å². The van der Waals surface area contributed by atoms with E-state index in [-0.39, 0.29) is 18.1 Å². The SMILES string of the molecule is CC(C)CC1CC(C(=O)O)C(C2CCC2)O1. The van der Waals surface area contributed by atoms with E-state index >= 15 is 0 Å². The lowest BCUT2D eigenvalue weighted by molar-refractivity contribution is -0.145. The van der Waals surface area contributed by atoms with Crippen LogP contribution < -0.4 is 0 Å². The van der Waals surface area contributed by atoms with E-state index in [2.05, 4.69) is 13.8 Å². The molecule has 1 aliphatic carbocycles. The van der Waals surface area contributed by atoms with Crippen molar-refractivity contribution in [3.05, 3.63) is 0 Å². The number of carbonyl (C=O) groups is 1. The minimum absolute atomic E-state index is 0.00463. The number of rotatable bonds is 4. The largest absolute Gasteiger partial charge is 0.481 e. The van der Waals surface area contributed by atoms with Gasteiger partial charge < -0.3 is 9.84 Å². The number of hydrogen-bond acceptors (Lipinski definition) is 2. The summed E-state index contributed by atoms with van der Waals surface area (Å²) < 4.78 is 5.97. The molecule has 1 aliphatic heterocycles. The Morgan fingerprint density at radius 3 is 2.56 bits per heavy atom. The number of carboxylic acids is 1. The van der Waals surface area contributed by atoms with Crippen molar-refractivity contribution in [3.8, 4) is 0 Å². The summed E-state index contributed by atoms with van der Waals surface area (Å²) in [6.07, 6.45) is 5.43. The first-order valence-electron chi connectivity index (χ1n) is 6.46. The highest BCUT2D eigenvalue weighted by molar-refractivity contribution is 5.71. The fourth-order valence-corrected chi connectivity index (χ4v) is 2.92. The van der Waals surface area contributed by atoms with Crippen molar-refractivity contribution in [2.24, 2.45) is 17.8 Å². The van der Waals surface area contributed by atoms with Crippen molar-refractivity contribution in [2.45, 2.75) is 58.2 Å². The first kappa shape index (κ1) is 11.9. The Bertz CT molecular complexity index is 258. The molecule has 1 saturated heterocycles. The van der Waals surface area contributed by atoms with Crippen LogP contribution >= 0.6 is 0 Å². The summed E-state index contributed by atoms with van der Waals surface area (Å²) >= 11 is 0. The average molecular weight is 226 g/mol. The van der Waals surface area contributed by atoms with Crippen molar-refractivity contribution in [2.75, 3.05) is 0 Å². The molecule has 1 N–H and O–H groups in total. The molecule has 92 valence electrons. The minimum atomic E-state index is -0.664. The third kappa shape index (κ3) is 2.40. The zero-order valence-electron chi connectivity index (χ0n) is 10.2. The molecule has 0 aromatic heterocycles. The zero-order chi connectivity index (χ0) is 11.7. The smallest absolute Gasteiger partial charge is 0.309 e. The molecule has 1 saturated carbocycles. The summed E-state index contributed by atoms with van der Waals surface area (Å²) in [4.78, 5) is 11.2. The molecule has 3 atom stereocenters. The van der Waals surface area contributed by atoms with Gasteiger partial charge in [0.25, 0.3) is 0 Å². The van der Waals surface area contributed by atoms with Gasteiger partial charge in [0.2, 0.25) is 0 Å². The second-order valence-electron chi connectivity index (χ2n) is 5.72. The van der Waals surface area contributed by atoms with E-state index in [0.29, 0.717) is 18.3 Å². The van der Waals surface area contributed by atoms with Crippen LogP contribution in [0.5, 0.6) is 0 Å². The Morgan fingerprint density at radius 2 is 2.12 bits per heavy atom. The van der Waals surface area contributed by atoms with Crippen LogP contribution in [0.3, 0.4) is 0 Å². The fourth-order valence-electron chi connectivity index (χ4n) is 2.92. The quantitative estimate of drug-likeness (QED) is 0.801. The van der Waals surface area contributed by atoms with Gasteiger partial charge in [-0.2, -0.15) is 0 Å². The van der Waals surface area contributed by atoms with Crippen molar-refractivity contribution in [1.82, 2.24) is 0 Å². The van der Waals surface area contributed by atoms with E-state index in [4.69, 9.17) is 4.74 Å². The number of ether oxygens (including phenoxy) is 1. The second kappa shape index (κ2) is 4.74. The Hall–Kier alpha value is -0.570. The summed E-state index contributed by atoms with van der Waals surface area (Å²) in [6.45, 7) is 4.33. The molecule has 16 heavy (non-hydrogen) atoms. The van der Waals surface area contributed by atoms with Crippen LogP contribution in [0.4, 0.5) is 0 Å². The maximum absolute atomic E-state index is 11.2. The van der Waals surface area contributed by atoms with Crippen LogP contribution in [0.25, 0.3) is 0 Å². The number of hydrogen-bond donors (Lipinski definition) is 1. The van der Waals surface area contributed by atoms with Crippen LogP contribution in [-0.4, -0.2) is 23.3 Å². The Balaban J connectivity index is 1.96. The highest BCUT2D eigenvalue weighted by atomic mass is 16.5. The van der Waals surface area contributed by atoms with Gasteiger partial charge in [-0.05, 0) is 37.5 Å². The molecule has 2 fully saturated rings. The first-order chi connectivity index (χ1) is 7.58. The van der Waals surface area contributed by atoms with Gasteiger partial charge in [-0.15, -0.1) is 0 Å². The molecule has 0 aromatic rings. The van der Waals surface area contributed by atoms with Gasteiger partial charge in [-0.25, -0.2) is 0 Å². The lowest BCUT2D eigenvalue weighted by Crippen LogP contribution is -2.35. The molecule has 2 rings (SSSR count). The Morgan fingerprint density at radius 1 is 1.44 bits per heavy atom. The lowest BCUT2D eigenvalue weighted by Gasteiger charge is -2.33. The Labute approximate surface area is 97.2 Å². The molecule has 1 heterocycles. The summed E-state index contributed by atoms with van der Waals surface area (Å²) in [5.41, 5.74) is 0. The molecule has 0 amide bonds. The summed E-state index contributed by atoms with van der Waals surface area (Å²) in [6, 6.07) is 0.